The number of thioether (sulfide) groups is 1. The molecule has 0 aliphatic carbocycles. The van der Waals surface area contributed by atoms with Crippen molar-refractivity contribution in [3.05, 3.63) is 23.4 Å². The molecule has 14 heavy (non-hydrogen) atoms. The van der Waals surface area contributed by atoms with Crippen LogP contribution in [0.5, 0.6) is 0 Å². The average molecular weight is 229 g/mol. The molecule has 0 amide bonds. The lowest BCUT2D eigenvalue weighted by Crippen LogP contribution is -2.24. The van der Waals surface area contributed by atoms with E-state index in [2.05, 4.69) is 10.3 Å². The number of aromatic nitrogens is 1. The van der Waals surface area contributed by atoms with Crippen LogP contribution in [-0.4, -0.2) is 22.5 Å². The number of halogens is 1. The number of rotatable bonds is 2. The maximum Gasteiger partial charge on any atom is 0.131 e. The van der Waals surface area contributed by atoms with Gasteiger partial charge in [0.05, 0.1) is 0 Å². The molecular formula is C10H13ClN2S. The zero-order chi connectivity index (χ0) is 9.80. The first-order valence-electron chi connectivity index (χ1n) is 4.81. The molecule has 0 unspecified atom stereocenters. The monoisotopic (exact) mass is 228 g/mol. The number of pyridine rings is 1. The fraction of sp³-hybridized carbons (Fsp3) is 0.500. The molecule has 0 aromatic carbocycles. The smallest absolute Gasteiger partial charge is 0.131 e. The van der Waals surface area contributed by atoms with Crippen molar-refractivity contribution in [3.8, 4) is 0 Å². The highest BCUT2D eigenvalue weighted by Gasteiger charge is 2.13. The molecule has 1 N–H and O–H groups in total. The third kappa shape index (κ3) is 2.79. The van der Waals surface area contributed by atoms with E-state index in [0.717, 1.165) is 5.82 Å². The molecular weight excluding hydrogens is 216 g/mol. The first kappa shape index (κ1) is 10.1. The number of nitrogens with one attached hydrogen (secondary N) is 1. The van der Waals surface area contributed by atoms with E-state index in [0.29, 0.717) is 11.2 Å². The Kier molecular flexibility index (Phi) is 3.54. The van der Waals surface area contributed by atoms with E-state index in [-0.39, 0.29) is 0 Å². The van der Waals surface area contributed by atoms with Gasteiger partial charge in [0.2, 0.25) is 0 Å². The first-order chi connectivity index (χ1) is 6.84. The van der Waals surface area contributed by atoms with Gasteiger partial charge >= 0.3 is 0 Å². The van der Waals surface area contributed by atoms with Crippen LogP contribution < -0.4 is 5.32 Å². The summed E-state index contributed by atoms with van der Waals surface area (Å²) in [5, 5.41) is 3.97. The molecule has 1 aliphatic heterocycles. The van der Waals surface area contributed by atoms with Crippen LogP contribution in [0.2, 0.25) is 5.15 Å². The van der Waals surface area contributed by atoms with Crippen molar-refractivity contribution in [1.82, 2.24) is 4.98 Å². The van der Waals surface area contributed by atoms with Crippen molar-refractivity contribution in [2.24, 2.45) is 0 Å². The van der Waals surface area contributed by atoms with Gasteiger partial charge in [0, 0.05) is 6.04 Å². The Labute approximate surface area is 93.4 Å². The van der Waals surface area contributed by atoms with Crippen molar-refractivity contribution in [2.75, 3.05) is 16.8 Å². The quantitative estimate of drug-likeness (QED) is 0.788. The molecule has 1 fully saturated rings. The normalized spacial score (nSPS) is 18.1. The molecule has 76 valence electrons. The van der Waals surface area contributed by atoms with E-state index < -0.39 is 0 Å². The van der Waals surface area contributed by atoms with Crippen molar-refractivity contribution in [2.45, 2.75) is 18.9 Å². The molecule has 0 spiro atoms. The number of hydrogen-bond donors (Lipinski definition) is 1. The summed E-state index contributed by atoms with van der Waals surface area (Å²) in [6.07, 6.45) is 2.44. The van der Waals surface area contributed by atoms with Crippen LogP contribution in [-0.2, 0) is 0 Å². The Bertz CT molecular complexity index is 300. The van der Waals surface area contributed by atoms with Crippen LogP contribution in [0.25, 0.3) is 0 Å². The fourth-order valence-corrected chi connectivity index (χ4v) is 2.81. The minimum atomic E-state index is 0.556. The predicted octanol–water partition coefficient (Wildman–Crippen LogP) is 3.04. The lowest BCUT2D eigenvalue weighted by atomic mass is 10.1. The van der Waals surface area contributed by atoms with Gasteiger partial charge in [0.1, 0.15) is 11.0 Å². The molecule has 0 atom stereocenters. The highest BCUT2D eigenvalue weighted by Crippen LogP contribution is 2.20. The summed E-state index contributed by atoms with van der Waals surface area (Å²) in [4.78, 5) is 4.21. The Morgan fingerprint density at radius 3 is 2.86 bits per heavy atom. The van der Waals surface area contributed by atoms with Crippen molar-refractivity contribution < 1.29 is 0 Å². The second-order valence-electron chi connectivity index (χ2n) is 3.38. The van der Waals surface area contributed by atoms with Gasteiger partial charge in [-0.25, -0.2) is 4.98 Å². The zero-order valence-corrected chi connectivity index (χ0v) is 9.44. The molecule has 1 saturated heterocycles. The maximum atomic E-state index is 5.81. The van der Waals surface area contributed by atoms with Crippen LogP contribution in [0.15, 0.2) is 18.2 Å². The van der Waals surface area contributed by atoms with Crippen LogP contribution in [0.3, 0.4) is 0 Å². The summed E-state index contributed by atoms with van der Waals surface area (Å²) >= 11 is 7.83. The molecule has 2 rings (SSSR count). The van der Waals surface area contributed by atoms with Gasteiger partial charge < -0.3 is 5.32 Å². The minimum absolute atomic E-state index is 0.556. The van der Waals surface area contributed by atoms with Gasteiger partial charge in [-0.15, -0.1) is 0 Å². The molecule has 1 aromatic rings. The Balaban J connectivity index is 1.95. The van der Waals surface area contributed by atoms with E-state index in [1.165, 1.54) is 24.3 Å². The summed E-state index contributed by atoms with van der Waals surface area (Å²) in [6.45, 7) is 0. The summed E-state index contributed by atoms with van der Waals surface area (Å²) in [6, 6.07) is 6.26. The van der Waals surface area contributed by atoms with Gasteiger partial charge in [0.15, 0.2) is 0 Å². The largest absolute Gasteiger partial charge is 0.367 e. The molecule has 2 nitrogen and oxygen atoms in total. The standard InChI is InChI=1S/C10H13ClN2S/c11-9-2-1-3-10(13-9)12-8-4-6-14-7-5-8/h1-3,8H,4-7H2,(H,12,13). The summed E-state index contributed by atoms with van der Waals surface area (Å²) in [5.41, 5.74) is 0. The molecule has 0 radical (unpaired) electrons. The van der Waals surface area contributed by atoms with Crippen molar-refractivity contribution in [3.63, 3.8) is 0 Å². The molecule has 1 aromatic heterocycles. The Hall–Kier alpha value is -0.410. The van der Waals surface area contributed by atoms with Gasteiger partial charge in [-0.05, 0) is 36.5 Å². The van der Waals surface area contributed by atoms with E-state index >= 15 is 0 Å². The summed E-state index contributed by atoms with van der Waals surface area (Å²) in [5.74, 6) is 3.39. The lowest BCUT2D eigenvalue weighted by Gasteiger charge is -2.22. The highest BCUT2D eigenvalue weighted by atomic mass is 35.5. The van der Waals surface area contributed by atoms with Crippen LogP contribution >= 0.6 is 23.4 Å². The van der Waals surface area contributed by atoms with Crippen LogP contribution in [0.1, 0.15) is 12.8 Å². The van der Waals surface area contributed by atoms with Crippen LogP contribution in [0.4, 0.5) is 5.82 Å². The molecule has 2 heterocycles. The van der Waals surface area contributed by atoms with E-state index in [1.54, 1.807) is 6.07 Å². The Morgan fingerprint density at radius 1 is 1.36 bits per heavy atom. The maximum absolute atomic E-state index is 5.81. The van der Waals surface area contributed by atoms with Gasteiger partial charge in [0.25, 0.3) is 0 Å². The third-order valence-electron chi connectivity index (χ3n) is 2.29. The third-order valence-corrected chi connectivity index (χ3v) is 3.55. The first-order valence-corrected chi connectivity index (χ1v) is 6.35. The number of nitrogens with zero attached hydrogens (tertiary/aromatic N) is 1. The van der Waals surface area contributed by atoms with Gasteiger partial charge in [-0.1, -0.05) is 17.7 Å². The second kappa shape index (κ2) is 4.89. The zero-order valence-electron chi connectivity index (χ0n) is 7.87. The molecule has 4 heteroatoms. The van der Waals surface area contributed by atoms with Crippen LogP contribution in [0, 0.1) is 0 Å². The number of hydrogen-bond acceptors (Lipinski definition) is 3. The van der Waals surface area contributed by atoms with E-state index in [1.807, 2.05) is 23.9 Å². The molecule has 1 aliphatic rings. The highest BCUT2D eigenvalue weighted by molar-refractivity contribution is 7.99. The molecule has 0 bridgehead atoms. The SMILES string of the molecule is Clc1cccc(NC2CCSCC2)n1. The fourth-order valence-electron chi connectivity index (χ4n) is 1.54. The topological polar surface area (TPSA) is 24.9 Å². The predicted molar refractivity (Wildman–Crippen MR) is 63.2 cm³/mol. The van der Waals surface area contributed by atoms with E-state index in [9.17, 15) is 0 Å². The lowest BCUT2D eigenvalue weighted by molar-refractivity contribution is 0.664. The summed E-state index contributed by atoms with van der Waals surface area (Å²) < 4.78 is 0. The molecule has 0 saturated carbocycles. The van der Waals surface area contributed by atoms with Crippen molar-refractivity contribution >= 4 is 29.2 Å². The second-order valence-corrected chi connectivity index (χ2v) is 4.99. The Morgan fingerprint density at radius 2 is 2.14 bits per heavy atom. The van der Waals surface area contributed by atoms with Crippen molar-refractivity contribution in [1.29, 1.82) is 0 Å². The number of anilines is 1. The van der Waals surface area contributed by atoms with E-state index in [4.69, 9.17) is 11.6 Å². The van der Waals surface area contributed by atoms with Gasteiger partial charge in [-0.2, -0.15) is 11.8 Å². The summed E-state index contributed by atoms with van der Waals surface area (Å²) in [7, 11) is 0. The van der Waals surface area contributed by atoms with Gasteiger partial charge in [-0.3, -0.25) is 0 Å². The average Bonchev–Trinajstić information content (AvgIpc) is 2.19. The minimum Gasteiger partial charge on any atom is -0.367 e.